The summed E-state index contributed by atoms with van der Waals surface area (Å²) in [6, 6.07) is 11.9. The molecular formula is C24H20FN5O2. The summed E-state index contributed by atoms with van der Waals surface area (Å²) >= 11 is 0. The van der Waals surface area contributed by atoms with E-state index in [9.17, 15) is 19.2 Å². The zero-order valence-electron chi connectivity index (χ0n) is 17.6. The van der Waals surface area contributed by atoms with Crippen molar-refractivity contribution in [3.8, 4) is 6.07 Å². The van der Waals surface area contributed by atoms with Gasteiger partial charge in [-0.05, 0) is 66.3 Å². The first kappa shape index (κ1) is 21.1. The number of rotatable bonds is 4. The van der Waals surface area contributed by atoms with Crippen molar-refractivity contribution in [1.29, 1.82) is 5.26 Å². The molecule has 1 aromatic heterocycles. The van der Waals surface area contributed by atoms with Crippen molar-refractivity contribution >= 4 is 17.6 Å². The summed E-state index contributed by atoms with van der Waals surface area (Å²) in [5.74, 6) is -1.07. The molecule has 2 aromatic carbocycles. The monoisotopic (exact) mass is 429 g/mol. The third-order valence-corrected chi connectivity index (χ3v) is 5.62. The Morgan fingerprint density at radius 1 is 1.28 bits per heavy atom. The van der Waals surface area contributed by atoms with Crippen LogP contribution in [0.3, 0.4) is 0 Å². The Hall–Kier alpha value is -4.12. The fraction of sp³-hybridized carbons (Fsp3) is 0.208. The van der Waals surface area contributed by atoms with Crippen LogP contribution in [0, 0.1) is 24.1 Å². The Bertz CT molecular complexity index is 1280. The van der Waals surface area contributed by atoms with Gasteiger partial charge in [0.1, 0.15) is 11.9 Å². The van der Waals surface area contributed by atoms with E-state index in [1.165, 1.54) is 36.3 Å². The van der Waals surface area contributed by atoms with Gasteiger partial charge in [0, 0.05) is 19.2 Å². The molecule has 32 heavy (non-hydrogen) atoms. The zero-order chi connectivity index (χ0) is 22.8. The lowest BCUT2D eigenvalue weighted by molar-refractivity contribution is 0.0956. The highest BCUT2D eigenvalue weighted by Crippen LogP contribution is 2.28. The number of anilines is 1. The van der Waals surface area contributed by atoms with Crippen LogP contribution in [0.1, 0.15) is 48.5 Å². The standard InChI is InChI=1S/C24H20FN5O2/c1-14-9-16-6-8-30(22-17(13-26)5-7-28-29-22)24(32)20(16)12-18(14)10-15-3-4-19(21(25)11-15)23(31)27-2/h3-5,7,9,11-12H,6,8,10H2,1-2H3,(H,27,31). The van der Waals surface area contributed by atoms with Crippen molar-refractivity contribution in [3.05, 3.63) is 87.4 Å². The quantitative estimate of drug-likeness (QED) is 0.688. The molecule has 0 radical (unpaired) electrons. The van der Waals surface area contributed by atoms with Gasteiger partial charge in [0.15, 0.2) is 5.82 Å². The van der Waals surface area contributed by atoms with Crippen molar-refractivity contribution in [2.45, 2.75) is 19.8 Å². The molecule has 3 aromatic rings. The molecule has 0 unspecified atom stereocenters. The molecule has 160 valence electrons. The number of nitriles is 1. The molecule has 0 aliphatic carbocycles. The fourth-order valence-electron chi connectivity index (χ4n) is 3.91. The minimum Gasteiger partial charge on any atom is -0.355 e. The SMILES string of the molecule is CNC(=O)c1ccc(Cc2cc3c(cc2C)CCN(c2nnccc2C#N)C3=O)cc1F. The molecule has 4 rings (SSSR count). The molecule has 1 aliphatic heterocycles. The number of aryl methyl sites for hydroxylation is 1. The Morgan fingerprint density at radius 2 is 2.09 bits per heavy atom. The zero-order valence-corrected chi connectivity index (χ0v) is 17.6. The maximum Gasteiger partial charge on any atom is 0.259 e. The van der Waals surface area contributed by atoms with Gasteiger partial charge in [-0.1, -0.05) is 12.1 Å². The van der Waals surface area contributed by atoms with Crippen LogP contribution in [-0.4, -0.2) is 35.6 Å². The minimum atomic E-state index is -0.591. The van der Waals surface area contributed by atoms with Crippen LogP contribution in [0.5, 0.6) is 0 Å². The third kappa shape index (κ3) is 3.81. The van der Waals surface area contributed by atoms with Gasteiger partial charge >= 0.3 is 0 Å². The largest absolute Gasteiger partial charge is 0.355 e. The Kier molecular flexibility index (Phi) is 5.65. The Balaban J connectivity index is 1.66. The second kappa shape index (κ2) is 8.55. The maximum atomic E-state index is 14.4. The van der Waals surface area contributed by atoms with Gasteiger partial charge in [-0.2, -0.15) is 10.4 Å². The molecule has 8 heteroatoms. The van der Waals surface area contributed by atoms with E-state index in [0.717, 1.165) is 16.7 Å². The normalized spacial score (nSPS) is 12.8. The van der Waals surface area contributed by atoms with Gasteiger partial charge < -0.3 is 5.32 Å². The highest BCUT2D eigenvalue weighted by Gasteiger charge is 2.29. The number of aromatic nitrogens is 2. The van der Waals surface area contributed by atoms with E-state index in [-0.39, 0.29) is 22.9 Å². The lowest BCUT2D eigenvalue weighted by Gasteiger charge is -2.28. The Labute approximate surface area is 184 Å². The van der Waals surface area contributed by atoms with E-state index in [2.05, 4.69) is 21.6 Å². The molecule has 2 heterocycles. The summed E-state index contributed by atoms with van der Waals surface area (Å²) in [5.41, 5.74) is 4.31. The summed E-state index contributed by atoms with van der Waals surface area (Å²) in [5, 5.41) is 19.6. The molecule has 0 spiro atoms. The number of benzene rings is 2. The van der Waals surface area contributed by atoms with Gasteiger partial charge in [-0.3, -0.25) is 14.5 Å². The summed E-state index contributed by atoms with van der Waals surface area (Å²) in [6.07, 6.45) is 2.45. The van der Waals surface area contributed by atoms with Gasteiger partial charge in [0.2, 0.25) is 0 Å². The first-order valence-corrected chi connectivity index (χ1v) is 10.1. The van der Waals surface area contributed by atoms with Gasteiger partial charge in [-0.25, -0.2) is 4.39 Å². The average molecular weight is 429 g/mol. The van der Waals surface area contributed by atoms with Crippen LogP contribution in [0.2, 0.25) is 0 Å². The van der Waals surface area contributed by atoms with Crippen molar-refractivity contribution in [2.24, 2.45) is 0 Å². The number of carbonyl (C=O) groups excluding carboxylic acids is 2. The minimum absolute atomic E-state index is 0.0125. The highest BCUT2D eigenvalue weighted by atomic mass is 19.1. The molecule has 1 aliphatic rings. The summed E-state index contributed by atoms with van der Waals surface area (Å²) in [6.45, 7) is 2.36. The molecule has 0 fully saturated rings. The van der Waals surface area contributed by atoms with E-state index < -0.39 is 11.7 Å². The molecule has 0 atom stereocenters. The average Bonchev–Trinajstić information content (AvgIpc) is 2.80. The number of carbonyl (C=O) groups is 2. The number of nitrogens with zero attached hydrogens (tertiary/aromatic N) is 4. The molecule has 2 amide bonds. The molecule has 0 saturated heterocycles. The van der Waals surface area contributed by atoms with Crippen molar-refractivity contribution in [3.63, 3.8) is 0 Å². The van der Waals surface area contributed by atoms with Crippen molar-refractivity contribution in [2.75, 3.05) is 18.5 Å². The van der Waals surface area contributed by atoms with E-state index >= 15 is 0 Å². The maximum absolute atomic E-state index is 14.4. The first-order valence-electron chi connectivity index (χ1n) is 10.1. The third-order valence-electron chi connectivity index (χ3n) is 5.62. The molecule has 7 nitrogen and oxygen atoms in total. The molecule has 0 bridgehead atoms. The van der Waals surface area contributed by atoms with Gasteiger partial charge in [0.25, 0.3) is 11.8 Å². The number of nitrogens with one attached hydrogen (secondary N) is 1. The topological polar surface area (TPSA) is 99.0 Å². The second-order valence-electron chi connectivity index (χ2n) is 7.59. The van der Waals surface area contributed by atoms with Crippen molar-refractivity contribution < 1.29 is 14.0 Å². The molecule has 0 saturated carbocycles. The van der Waals surface area contributed by atoms with Crippen LogP contribution < -0.4 is 10.2 Å². The van der Waals surface area contributed by atoms with Crippen LogP contribution in [0.15, 0.2) is 42.6 Å². The van der Waals surface area contributed by atoms with Crippen molar-refractivity contribution in [1.82, 2.24) is 15.5 Å². The van der Waals surface area contributed by atoms with E-state index in [4.69, 9.17) is 0 Å². The molecule has 1 N–H and O–H groups in total. The van der Waals surface area contributed by atoms with Gasteiger partial charge in [-0.15, -0.1) is 5.10 Å². The van der Waals surface area contributed by atoms with Gasteiger partial charge in [0.05, 0.1) is 17.3 Å². The summed E-state index contributed by atoms with van der Waals surface area (Å²) in [7, 11) is 1.45. The predicted octanol–water partition coefficient (Wildman–Crippen LogP) is 2.95. The lowest BCUT2D eigenvalue weighted by atomic mass is 9.90. The highest BCUT2D eigenvalue weighted by molar-refractivity contribution is 6.08. The molecular weight excluding hydrogens is 409 g/mol. The smallest absolute Gasteiger partial charge is 0.259 e. The number of hydrogen-bond acceptors (Lipinski definition) is 5. The van der Waals surface area contributed by atoms with E-state index in [1.807, 2.05) is 19.1 Å². The number of halogens is 1. The fourth-order valence-corrected chi connectivity index (χ4v) is 3.91. The van der Waals surface area contributed by atoms with E-state index in [0.29, 0.717) is 30.5 Å². The van der Waals surface area contributed by atoms with Crippen LogP contribution in [0.25, 0.3) is 0 Å². The number of hydrogen-bond donors (Lipinski definition) is 1. The van der Waals surface area contributed by atoms with Crippen LogP contribution in [0.4, 0.5) is 10.2 Å². The van der Waals surface area contributed by atoms with Crippen LogP contribution >= 0.6 is 0 Å². The lowest BCUT2D eigenvalue weighted by Crippen LogP contribution is -2.39. The first-order chi connectivity index (χ1) is 15.4. The van der Waals surface area contributed by atoms with E-state index in [1.54, 1.807) is 6.07 Å². The predicted molar refractivity (Wildman–Crippen MR) is 116 cm³/mol. The number of amides is 2. The second-order valence-corrected chi connectivity index (χ2v) is 7.59. The number of fused-ring (bicyclic) bond motifs is 1. The summed E-state index contributed by atoms with van der Waals surface area (Å²) < 4.78 is 14.4. The summed E-state index contributed by atoms with van der Waals surface area (Å²) in [4.78, 5) is 26.5. The van der Waals surface area contributed by atoms with Crippen LogP contribution in [-0.2, 0) is 12.8 Å². The Morgan fingerprint density at radius 3 is 2.81 bits per heavy atom.